The fraction of sp³-hybridized carbons (Fsp3) is 0. The number of rotatable bonds is 0. The third-order valence-corrected chi connectivity index (χ3v) is 4.68. The summed E-state index contributed by atoms with van der Waals surface area (Å²) in [5.41, 5.74) is 4.45. The first-order chi connectivity index (χ1) is 12.6. The van der Waals surface area contributed by atoms with Gasteiger partial charge < -0.3 is 15.3 Å². The summed E-state index contributed by atoms with van der Waals surface area (Å²) in [5.74, 6) is -0.234. The Bertz CT molecular complexity index is 1230. The number of hydrogen-bond donors (Lipinski definition) is 3. The van der Waals surface area contributed by atoms with Crippen molar-refractivity contribution >= 4 is 41.3 Å². The van der Waals surface area contributed by atoms with Crippen LogP contribution in [0.2, 0.25) is 0 Å². The SMILES string of the molecule is O=C1C2=CC3=NC(=Cc4ccc([nH]4)C=c4ccc([nH]4)=CC(=C1Cl)N2)C=C3. The van der Waals surface area contributed by atoms with Gasteiger partial charge in [0.25, 0.3) is 0 Å². The number of carbonyl (C=O) groups is 1. The molecular weight excluding hydrogens is 348 g/mol. The lowest BCUT2D eigenvalue weighted by Gasteiger charge is -1.99. The zero-order valence-electron chi connectivity index (χ0n) is 13.5. The van der Waals surface area contributed by atoms with Crippen LogP contribution in [0.25, 0.3) is 18.2 Å². The van der Waals surface area contributed by atoms with Crippen molar-refractivity contribution in [1.82, 2.24) is 15.3 Å². The summed E-state index contributed by atoms with van der Waals surface area (Å²) < 4.78 is 0. The highest BCUT2D eigenvalue weighted by molar-refractivity contribution is 6.47. The van der Waals surface area contributed by atoms with Crippen molar-refractivity contribution in [3.05, 3.63) is 86.7 Å². The molecule has 0 aliphatic carbocycles. The number of nitrogens with zero attached hydrogens (tertiary/aromatic N) is 1. The molecule has 0 radical (unpaired) electrons. The van der Waals surface area contributed by atoms with Gasteiger partial charge in [-0.1, -0.05) is 11.6 Å². The van der Waals surface area contributed by atoms with E-state index in [1.165, 1.54) is 0 Å². The van der Waals surface area contributed by atoms with Gasteiger partial charge in [0.2, 0.25) is 5.78 Å². The van der Waals surface area contributed by atoms with E-state index < -0.39 is 0 Å². The molecular formula is C20H13ClN4O. The molecule has 0 aromatic carbocycles. The van der Waals surface area contributed by atoms with E-state index in [9.17, 15) is 4.79 Å². The summed E-state index contributed by atoms with van der Waals surface area (Å²) in [6, 6.07) is 7.93. The standard InChI is InChI=1S/C20H13ClN4O/c21-19-17-9-15-5-3-13(23-15)7-11-1-2-12(22-11)8-14-4-6-16(24-14)10-18(25-17)20(19)26/h1-10,22-23,25H. The van der Waals surface area contributed by atoms with Crippen molar-refractivity contribution in [2.45, 2.75) is 0 Å². The average Bonchev–Trinajstić information content (AvgIpc) is 3.38. The molecule has 5 nitrogen and oxygen atoms in total. The number of aliphatic imine (C=N–C) groups is 1. The Morgan fingerprint density at radius 3 is 2.46 bits per heavy atom. The number of aromatic amines is 2. The molecule has 26 heavy (non-hydrogen) atoms. The zero-order chi connectivity index (χ0) is 17.7. The number of allylic oxidation sites excluding steroid dienone is 5. The summed E-state index contributed by atoms with van der Waals surface area (Å²) in [6.07, 6.45) is 11.3. The van der Waals surface area contributed by atoms with Gasteiger partial charge in [-0.2, -0.15) is 0 Å². The molecule has 0 amide bonds. The minimum Gasteiger partial charge on any atom is -0.355 e. The largest absolute Gasteiger partial charge is 0.355 e. The number of fused-ring (bicyclic) bond motifs is 7. The van der Waals surface area contributed by atoms with Crippen molar-refractivity contribution in [3.8, 4) is 0 Å². The van der Waals surface area contributed by atoms with Gasteiger partial charge >= 0.3 is 0 Å². The number of aromatic nitrogens is 2. The second-order valence-electron chi connectivity index (χ2n) is 6.21. The fourth-order valence-electron chi connectivity index (χ4n) is 3.08. The molecule has 8 bridgehead atoms. The quantitative estimate of drug-likeness (QED) is 0.670. The van der Waals surface area contributed by atoms with E-state index in [2.05, 4.69) is 20.3 Å². The first-order valence-electron chi connectivity index (χ1n) is 8.13. The van der Waals surface area contributed by atoms with Crippen molar-refractivity contribution in [2.24, 2.45) is 4.99 Å². The predicted molar refractivity (Wildman–Crippen MR) is 103 cm³/mol. The van der Waals surface area contributed by atoms with Crippen LogP contribution in [0, 0.1) is 0 Å². The van der Waals surface area contributed by atoms with E-state index >= 15 is 0 Å². The fourth-order valence-corrected chi connectivity index (χ4v) is 3.28. The first kappa shape index (κ1) is 15.0. The van der Waals surface area contributed by atoms with Crippen molar-refractivity contribution in [2.75, 3.05) is 0 Å². The van der Waals surface area contributed by atoms with Crippen LogP contribution in [-0.4, -0.2) is 21.5 Å². The van der Waals surface area contributed by atoms with Gasteiger partial charge in [-0.05, 0) is 60.7 Å². The maximum atomic E-state index is 12.4. The predicted octanol–water partition coefficient (Wildman–Crippen LogP) is 1.82. The number of halogens is 1. The number of ketones is 1. The lowest BCUT2D eigenvalue weighted by atomic mass is 10.2. The van der Waals surface area contributed by atoms with Crippen LogP contribution in [0.4, 0.5) is 0 Å². The van der Waals surface area contributed by atoms with Crippen LogP contribution >= 0.6 is 11.6 Å². The molecule has 0 saturated heterocycles. The van der Waals surface area contributed by atoms with Gasteiger partial charge in [0.1, 0.15) is 5.03 Å². The Kier molecular flexibility index (Phi) is 3.23. The second-order valence-corrected chi connectivity index (χ2v) is 6.58. The number of nitrogens with one attached hydrogen (secondary N) is 3. The number of hydrogen-bond acceptors (Lipinski definition) is 3. The molecule has 126 valence electrons. The summed E-state index contributed by atoms with van der Waals surface area (Å²) in [7, 11) is 0. The van der Waals surface area contributed by atoms with Gasteiger partial charge in [0.05, 0.1) is 22.8 Å². The number of carbonyl (C=O) groups excluding carboxylic acids is 1. The summed E-state index contributed by atoms with van der Waals surface area (Å²) in [4.78, 5) is 23.6. The maximum absolute atomic E-state index is 12.4. The minimum absolute atomic E-state index is 0.174. The Balaban J connectivity index is 1.73. The first-order valence-corrected chi connectivity index (χ1v) is 8.51. The maximum Gasteiger partial charge on any atom is 0.222 e. The second kappa shape index (κ2) is 5.61. The van der Waals surface area contributed by atoms with Crippen molar-refractivity contribution in [1.29, 1.82) is 0 Å². The molecule has 0 atom stereocenters. The van der Waals surface area contributed by atoms with Gasteiger partial charge in [0, 0.05) is 22.1 Å². The molecule has 0 unspecified atom stereocenters. The van der Waals surface area contributed by atoms with E-state index in [1.807, 2.05) is 54.6 Å². The molecule has 0 saturated carbocycles. The van der Waals surface area contributed by atoms with Crippen LogP contribution in [-0.2, 0) is 4.79 Å². The van der Waals surface area contributed by atoms with Crippen LogP contribution < -0.4 is 16.0 Å². The lowest BCUT2D eigenvalue weighted by molar-refractivity contribution is -0.111. The van der Waals surface area contributed by atoms with E-state index in [4.69, 9.17) is 11.6 Å². The third kappa shape index (κ3) is 2.59. The molecule has 3 aliphatic rings. The normalized spacial score (nSPS) is 18.0. The average molecular weight is 361 g/mol. The minimum atomic E-state index is -0.234. The Hall–Kier alpha value is -3.31. The third-order valence-electron chi connectivity index (χ3n) is 4.30. The van der Waals surface area contributed by atoms with E-state index in [0.29, 0.717) is 17.1 Å². The van der Waals surface area contributed by atoms with Gasteiger partial charge in [-0.3, -0.25) is 4.79 Å². The molecule has 6 heteroatoms. The molecule has 0 spiro atoms. The van der Waals surface area contributed by atoms with Crippen LogP contribution in [0.15, 0.2) is 69.6 Å². The molecule has 2 aromatic heterocycles. The highest BCUT2D eigenvalue weighted by Gasteiger charge is 2.25. The van der Waals surface area contributed by atoms with E-state index in [-0.39, 0.29) is 10.8 Å². The summed E-state index contributed by atoms with van der Waals surface area (Å²) >= 11 is 6.22. The summed E-state index contributed by atoms with van der Waals surface area (Å²) in [5, 5.41) is 5.06. The van der Waals surface area contributed by atoms with Gasteiger partial charge in [0.15, 0.2) is 0 Å². The smallest absolute Gasteiger partial charge is 0.222 e. The molecule has 0 fully saturated rings. The molecule has 3 N–H and O–H groups in total. The van der Waals surface area contributed by atoms with Gasteiger partial charge in [-0.25, -0.2) is 4.99 Å². The summed E-state index contributed by atoms with van der Waals surface area (Å²) in [6.45, 7) is 0. The van der Waals surface area contributed by atoms with Crippen LogP contribution in [0.5, 0.6) is 0 Å². The van der Waals surface area contributed by atoms with Crippen molar-refractivity contribution < 1.29 is 4.79 Å². The van der Waals surface area contributed by atoms with E-state index in [1.54, 1.807) is 6.08 Å². The number of H-pyrrole nitrogens is 2. The molecule has 3 aliphatic heterocycles. The lowest BCUT2D eigenvalue weighted by Crippen LogP contribution is -2.14. The van der Waals surface area contributed by atoms with Crippen LogP contribution in [0.3, 0.4) is 0 Å². The Morgan fingerprint density at radius 1 is 0.846 bits per heavy atom. The highest BCUT2D eigenvalue weighted by atomic mass is 35.5. The Labute approximate surface area is 153 Å². The monoisotopic (exact) mass is 360 g/mol. The topological polar surface area (TPSA) is 73.0 Å². The molecule has 5 rings (SSSR count). The highest BCUT2D eigenvalue weighted by Crippen LogP contribution is 2.23. The zero-order valence-corrected chi connectivity index (χ0v) is 14.3. The Morgan fingerprint density at radius 2 is 1.62 bits per heavy atom. The molecule has 5 heterocycles. The van der Waals surface area contributed by atoms with Crippen molar-refractivity contribution in [3.63, 3.8) is 0 Å². The number of Topliss-reactive ketones (excluding diaryl/α,β-unsaturated/α-hetero) is 1. The van der Waals surface area contributed by atoms with Gasteiger partial charge in [-0.15, -0.1) is 0 Å². The van der Waals surface area contributed by atoms with E-state index in [0.717, 1.165) is 27.8 Å². The molecule has 2 aromatic rings. The van der Waals surface area contributed by atoms with Crippen LogP contribution in [0.1, 0.15) is 11.4 Å².